The van der Waals surface area contributed by atoms with Gasteiger partial charge < -0.3 is 5.73 Å². The zero-order chi connectivity index (χ0) is 14.1. The molecule has 1 saturated carbocycles. The van der Waals surface area contributed by atoms with Crippen LogP contribution in [0.1, 0.15) is 18.4 Å². The predicted octanol–water partition coefficient (Wildman–Crippen LogP) is 2.82. The molecule has 2 N–H and O–H groups in total. The first-order chi connectivity index (χ1) is 8.85. The standard InChI is InChI=1S/C12H12F3N3S/c13-12(14,15)9-3-4-10(18-5-9)19-7-11(17,6-16)8-1-2-8/h3-5,8H,1-2,7,17H2. The van der Waals surface area contributed by atoms with Gasteiger partial charge in [0.25, 0.3) is 0 Å². The lowest BCUT2D eigenvalue weighted by atomic mass is 10.00. The molecular formula is C12H12F3N3S. The minimum absolute atomic E-state index is 0.194. The molecular weight excluding hydrogens is 275 g/mol. The van der Waals surface area contributed by atoms with Gasteiger partial charge in [-0.1, -0.05) is 0 Å². The Morgan fingerprint density at radius 1 is 1.42 bits per heavy atom. The first-order valence-corrected chi connectivity index (χ1v) is 6.70. The molecule has 102 valence electrons. The molecule has 2 rings (SSSR count). The number of thioether (sulfide) groups is 1. The number of halogens is 3. The molecule has 0 saturated heterocycles. The third kappa shape index (κ3) is 3.39. The Bertz CT molecular complexity index is 490. The summed E-state index contributed by atoms with van der Waals surface area (Å²) >= 11 is 1.21. The van der Waals surface area contributed by atoms with Crippen molar-refractivity contribution in [3.8, 4) is 6.07 Å². The maximum Gasteiger partial charge on any atom is 0.417 e. The van der Waals surface area contributed by atoms with E-state index in [1.54, 1.807) is 0 Å². The molecule has 0 amide bonds. The van der Waals surface area contributed by atoms with E-state index in [0.717, 1.165) is 25.1 Å². The van der Waals surface area contributed by atoms with Gasteiger partial charge in [-0.15, -0.1) is 11.8 Å². The van der Waals surface area contributed by atoms with E-state index in [9.17, 15) is 13.2 Å². The van der Waals surface area contributed by atoms with E-state index in [1.165, 1.54) is 17.8 Å². The van der Waals surface area contributed by atoms with Gasteiger partial charge in [0.15, 0.2) is 0 Å². The Morgan fingerprint density at radius 2 is 2.11 bits per heavy atom. The monoisotopic (exact) mass is 287 g/mol. The molecule has 0 aliphatic heterocycles. The van der Waals surface area contributed by atoms with Crippen molar-refractivity contribution >= 4 is 11.8 Å². The lowest BCUT2D eigenvalue weighted by Gasteiger charge is -2.19. The summed E-state index contributed by atoms with van der Waals surface area (Å²) in [4.78, 5) is 3.74. The van der Waals surface area contributed by atoms with Crippen molar-refractivity contribution in [3.63, 3.8) is 0 Å². The first kappa shape index (κ1) is 14.2. The van der Waals surface area contributed by atoms with Crippen LogP contribution in [0.3, 0.4) is 0 Å². The molecule has 0 bridgehead atoms. The summed E-state index contributed by atoms with van der Waals surface area (Å²) in [5.41, 5.74) is 4.27. The van der Waals surface area contributed by atoms with Crippen molar-refractivity contribution in [2.45, 2.75) is 29.6 Å². The molecule has 1 fully saturated rings. The van der Waals surface area contributed by atoms with Gasteiger partial charge in [0.1, 0.15) is 5.54 Å². The third-order valence-corrected chi connectivity index (χ3v) is 4.20. The summed E-state index contributed by atoms with van der Waals surface area (Å²) in [5.74, 6) is 0.534. The lowest BCUT2D eigenvalue weighted by molar-refractivity contribution is -0.137. The van der Waals surface area contributed by atoms with Crippen LogP contribution in [0, 0.1) is 17.2 Å². The molecule has 1 aliphatic carbocycles. The average molecular weight is 287 g/mol. The van der Waals surface area contributed by atoms with E-state index in [4.69, 9.17) is 11.0 Å². The maximum atomic E-state index is 12.4. The fraction of sp³-hybridized carbons (Fsp3) is 0.500. The van der Waals surface area contributed by atoms with E-state index in [-0.39, 0.29) is 5.92 Å². The summed E-state index contributed by atoms with van der Waals surface area (Å²) in [6.07, 6.45) is -1.71. The van der Waals surface area contributed by atoms with Crippen molar-refractivity contribution in [1.82, 2.24) is 4.98 Å². The fourth-order valence-corrected chi connectivity index (χ4v) is 2.65. The van der Waals surface area contributed by atoms with E-state index in [1.807, 2.05) is 0 Å². The predicted molar refractivity (Wildman–Crippen MR) is 65.2 cm³/mol. The Labute approximate surface area is 113 Å². The molecule has 1 aromatic heterocycles. The second-order valence-electron chi connectivity index (χ2n) is 4.60. The SMILES string of the molecule is N#CC(N)(CSc1ccc(C(F)(F)F)cn1)C1CC1. The Morgan fingerprint density at radius 3 is 2.53 bits per heavy atom. The van der Waals surface area contributed by atoms with Gasteiger partial charge in [0.2, 0.25) is 0 Å². The van der Waals surface area contributed by atoms with E-state index in [0.29, 0.717) is 10.8 Å². The van der Waals surface area contributed by atoms with Gasteiger partial charge in [-0.25, -0.2) is 4.98 Å². The van der Waals surface area contributed by atoms with Gasteiger partial charge in [0.05, 0.1) is 16.7 Å². The van der Waals surface area contributed by atoms with Crippen LogP contribution in [0.4, 0.5) is 13.2 Å². The highest BCUT2D eigenvalue weighted by Crippen LogP contribution is 2.40. The highest BCUT2D eigenvalue weighted by atomic mass is 32.2. The lowest BCUT2D eigenvalue weighted by Crippen LogP contribution is -2.43. The second-order valence-corrected chi connectivity index (χ2v) is 5.59. The molecule has 1 unspecified atom stereocenters. The van der Waals surface area contributed by atoms with Crippen LogP contribution >= 0.6 is 11.8 Å². The quantitative estimate of drug-likeness (QED) is 0.865. The van der Waals surface area contributed by atoms with Crippen LogP contribution in [-0.2, 0) is 6.18 Å². The van der Waals surface area contributed by atoms with Gasteiger partial charge in [0, 0.05) is 11.9 Å². The second kappa shape index (κ2) is 5.02. The topological polar surface area (TPSA) is 62.7 Å². The van der Waals surface area contributed by atoms with Crippen LogP contribution in [-0.4, -0.2) is 16.3 Å². The Hall–Kier alpha value is -1.26. The number of aromatic nitrogens is 1. The van der Waals surface area contributed by atoms with Crippen LogP contribution < -0.4 is 5.73 Å². The third-order valence-electron chi connectivity index (χ3n) is 3.04. The highest BCUT2D eigenvalue weighted by molar-refractivity contribution is 7.99. The average Bonchev–Trinajstić information content (AvgIpc) is 3.20. The largest absolute Gasteiger partial charge is 0.417 e. The number of nitriles is 1. The molecule has 0 radical (unpaired) electrons. The summed E-state index contributed by atoms with van der Waals surface area (Å²) in [6, 6.07) is 4.38. The van der Waals surface area contributed by atoms with Crippen molar-refractivity contribution in [2.75, 3.05) is 5.75 Å². The smallest absolute Gasteiger partial charge is 0.312 e. The van der Waals surface area contributed by atoms with E-state index in [2.05, 4.69) is 11.1 Å². The molecule has 1 aliphatic rings. The molecule has 7 heteroatoms. The minimum Gasteiger partial charge on any atom is -0.312 e. The van der Waals surface area contributed by atoms with Gasteiger partial charge in [-0.3, -0.25) is 0 Å². The minimum atomic E-state index is -4.38. The van der Waals surface area contributed by atoms with Crippen molar-refractivity contribution in [2.24, 2.45) is 11.7 Å². The van der Waals surface area contributed by atoms with Crippen molar-refractivity contribution in [1.29, 1.82) is 5.26 Å². The number of nitrogens with zero attached hydrogens (tertiary/aromatic N) is 2. The first-order valence-electron chi connectivity index (χ1n) is 5.71. The van der Waals surface area contributed by atoms with Crippen molar-refractivity contribution in [3.05, 3.63) is 23.9 Å². The Balaban J connectivity index is 1.99. The van der Waals surface area contributed by atoms with Crippen molar-refractivity contribution < 1.29 is 13.2 Å². The van der Waals surface area contributed by atoms with Crippen LogP contribution in [0.15, 0.2) is 23.4 Å². The molecule has 0 spiro atoms. The van der Waals surface area contributed by atoms with E-state index < -0.39 is 17.3 Å². The van der Waals surface area contributed by atoms with Crippen LogP contribution in [0.25, 0.3) is 0 Å². The number of hydrogen-bond donors (Lipinski definition) is 1. The normalized spacial score (nSPS) is 18.7. The summed E-state index contributed by atoms with van der Waals surface area (Å²) in [7, 11) is 0. The number of rotatable bonds is 4. The number of nitrogens with two attached hydrogens (primary N) is 1. The van der Waals surface area contributed by atoms with E-state index >= 15 is 0 Å². The molecule has 1 aromatic rings. The molecule has 3 nitrogen and oxygen atoms in total. The van der Waals surface area contributed by atoms with Gasteiger partial charge in [-0.05, 0) is 30.9 Å². The summed E-state index contributed by atoms with van der Waals surface area (Å²) in [5, 5.41) is 9.51. The number of pyridine rings is 1. The van der Waals surface area contributed by atoms with Crippen LogP contribution in [0.5, 0.6) is 0 Å². The number of hydrogen-bond acceptors (Lipinski definition) is 4. The molecule has 19 heavy (non-hydrogen) atoms. The Kier molecular flexibility index (Phi) is 3.74. The summed E-state index contributed by atoms with van der Waals surface area (Å²) in [6.45, 7) is 0. The van der Waals surface area contributed by atoms with Crippen LogP contribution in [0.2, 0.25) is 0 Å². The summed E-state index contributed by atoms with van der Waals surface area (Å²) < 4.78 is 37.1. The van der Waals surface area contributed by atoms with Gasteiger partial charge in [-0.2, -0.15) is 18.4 Å². The maximum absolute atomic E-state index is 12.4. The zero-order valence-electron chi connectivity index (χ0n) is 9.94. The molecule has 0 aromatic carbocycles. The fourth-order valence-electron chi connectivity index (χ4n) is 1.67. The zero-order valence-corrected chi connectivity index (χ0v) is 10.8. The molecule has 1 heterocycles. The number of alkyl halides is 3. The highest BCUT2D eigenvalue weighted by Gasteiger charge is 2.42. The van der Waals surface area contributed by atoms with Gasteiger partial charge >= 0.3 is 6.18 Å². The molecule has 1 atom stereocenters.